The molecule has 4 heteroatoms. The molecule has 0 heterocycles. The number of carbonyl (C=O) groups excluding carboxylic acids is 1. The van der Waals surface area contributed by atoms with Gasteiger partial charge in [-0.2, -0.15) is 0 Å². The van der Waals surface area contributed by atoms with E-state index in [9.17, 15) is 4.79 Å². The van der Waals surface area contributed by atoms with E-state index in [0.717, 1.165) is 13.0 Å². The number of hydrogen-bond acceptors (Lipinski definition) is 3. The number of rotatable bonds is 13. The Morgan fingerprint density at radius 3 is 2.04 bits per heavy atom. The second-order valence-corrected chi connectivity index (χ2v) is 6.15. The first-order chi connectivity index (χ1) is 11.7. The van der Waals surface area contributed by atoms with Gasteiger partial charge < -0.3 is 14.8 Å². The van der Waals surface area contributed by atoms with Crippen molar-refractivity contribution in [3.63, 3.8) is 0 Å². The fourth-order valence-corrected chi connectivity index (χ4v) is 2.72. The van der Waals surface area contributed by atoms with Crippen LogP contribution in [0.4, 0.5) is 0 Å². The molecule has 0 aliphatic rings. The van der Waals surface area contributed by atoms with Crippen LogP contribution in [0.5, 0.6) is 11.5 Å². The normalized spacial score (nSPS) is 10.5. The van der Waals surface area contributed by atoms with Crippen molar-refractivity contribution in [3.05, 3.63) is 23.8 Å². The van der Waals surface area contributed by atoms with E-state index >= 15 is 0 Å². The molecule has 0 aromatic heterocycles. The highest BCUT2D eigenvalue weighted by molar-refractivity contribution is 5.94. The van der Waals surface area contributed by atoms with Crippen molar-refractivity contribution in [1.29, 1.82) is 0 Å². The predicted molar refractivity (Wildman–Crippen MR) is 99.1 cm³/mol. The fourth-order valence-electron chi connectivity index (χ4n) is 2.72. The van der Waals surface area contributed by atoms with Crippen LogP contribution in [0, 0.1) is 0 Å². The van der Waals surface area contributed by atoms with Crippen molar-refractivity contribution >= 4 is 5.91 Å². The summed E-state index contributed by atoms with van der Waals surface area (Å²) in [4.78, 5) is 12.1. The number of unbranched alkanes of at least 4 members (excludes halogenated alkanes) is 8. The summed E-state index contributed by atoms with van der Waals surface area (Å²) in [5.41, 5.74) is 0.601. The third-order valence-corrected chi connectivity index (χ3v) is 4.21. The highest BCUT2D eigenvalue weighted by Gasteiger charge is 2.10. The predicted octanol–water partition coefficient (Wildman–Crippen LogP) is 4.96. The zero-order chi connectivity index (χ0) is 17.6. The first-order valence-electron chi connectivity index (χ1n) is 9.23. The summed E-state index contributed by atoms with van der Waals surface area (Å²) in [5.74, 6) is 1.15. The van der Waals surface area contributed by atoms with Gasteiger partial charge in [0.2, 0.25) is 0 Å². The lowest BCUT2D eigenvalue weighted by atomic mass is 10.1. The van der Waals surface area contributed by atoms with Gasteiger partial charge in [-0.05, 0) is 24.6 Å². The van der Waals surface area contributed by atoms with Gasteiger partial charge in [0.15, 0.2) is 11.5 Å². The van der Waals surface area contributed by atoms with Gasteiger partial charge in [0.25, 0.3) is 5.91 Å². The molecule has 136 valence electrons. The summed E-state index contributed by atoms with van der Waals surface area (Å²) in [6, 6.07) is 5.23. The van der Waals surface area contributed by atoms with E-state index in [1.807, 2.05) is 0 Å². The second-order valence-electron chi connectivity index (χ2n) is 6.15. The third kappa shape index (κ3) is 7.71. The quantitative estimate of drug-likeness (QED) is 0.518. The van der Waals surface area contributed by atoms with Crippen LogP contribution in [-0.4, -0.2) is 26.7 Å². The Balaban J connectivity index is 2.16. The SMILES string of the molecule is CCCCCCCCCCCNC(=O)c1ccc(OC)c(OC)c1. The maximum Gasteiger partial charge on any atom is 0.251 e. The average molecular weight is 335 g/mol. The van der Waals surface area contributed by atoms with Crippen molar-refractivity contribution in [3.8, 4) is 11.5 Å². The van der Waals surface area contributed by atoms with E-state index in [1.165, 1.54) is 51.4 Å². The Morgan fingerprint density at radius 1 is 0.875 bits per heavy atom. The standard InChI is InChI=1S/C20H33NO3/c1-4-5-6-7-8-9-10-11-12-15-21-20(22)17-13-14-18(23-2)19(16-17)24-3/h13-14,16H,4-12,15H2,1-3H3,(H,21,22). The van der Waals surface area contributed by atoms with Crippen LogP contribution < -0.4 is 14.8 Å². The highest BCUT2D eigenvalue weighted by Crippen LogP contribution is 2.27. The summed E-state index contributed by atoms with van der Waals surface area (Å²) < 4.78 is 10.4. The van der Waals surface area contributed by atoms with Gasteiger partial charge >= 0.3 is 0 Å². The van der Waals surface area contributed by atoms with E-state index in [2.05, 4.69) is 12.2 Å². The van der Waals surface area contributed by atoms with E-state index in [-0.39, 0.29) is 5.91 Å². The van der Waals surface area contributed by atoms with Crippen molar-refractivity contribution in [1.82, 2.24) is 5.32 Å². The number of carbonyl (C=O) groups is 1. The largest absolute Gasteiger partial charge is 0.493 e. The van der Waals surface area contributed by atoms with Gasteiger partial charge in [-0.1, -0.05) is 58.3 Å². The minimum absolute atomic E-state index is 0.0597. The molecule has 1 aromatic rings. The van der Waals surface area contributed by atoms with Gasteiger partial charge in [0, 0.05) is 12.1 Å². The van der Waals surface area contributed by atoms with Crippen LogP contribution in [-0.2, 0) is 0 Å². The van der Waals surface area contributed by atoms with Gasteiger partial charge in [0.05, 0.1) is 14.2 Å². The molecule has 1 aromatic carbocycles. The van der Waals surface area contributed by atoms with Crippen molar-refractivity contribution in [2.75, 3.05) is 20.8 Å². The zero-order valence-corrected chi connectivity index (χ0v) is 15.5. The molecule has 1 N–H and O–H groups in total. The van der Waals surface area contributed by atoms with Crippen molar-refractivity contribution < 1.29 is 14.3 Å². The second kappa shape index (κ2) is 12.7. The number of ether oxygens (including phenoxy) is 2. The Bertz CT molecular complexity index is 474. The summed E-state index contributed by atoms with van der Waals surface area (Å²) in [6.07, 6.45) is 11.5. The van der Waals surface area contributed by atoms with Gasteiger partial charge in [-0.25, -0.2) is 0 Å². The van der Waals surface area contributed by atoms with Gasteiger partial charge in [0.1, 0.15) is 0 Å². The molecule has 0 saturated carbocycles. The molecule has 0 bridgehead atoms. The molecule has 1 rings (SSSR count). The molecular weight excluding hydrogens is 302 g/mol. The number of hydrogen-bond donors (Lipinski definition) is 1. The monoisotopic (exact) mass is 335 g/mol. The third-order valence-electron chi connectivity index (χ3n) is 4.21. The lowest BCUT2D eigenvalue weighted by Gasteiger charge is -2.10. The Kier molecular flexibility index (Phi) is 10.7. The van der Waals surface area contributed by atoms with E-state index in [1.54, 1.807) is 32.4 Å². The van der Waals surface area contributed by atoms with Crippen LogP contribution >= 0.6 is 0 Å². The van der Waals surface area contributed by atoms with Crippen LogP contribution in [0.3, 0.4) is 0 Å². The zero-order valence-electron chi connectivity index (χ0n) is 15.5. The maximum atomic E-state index is 12.1. The number of benzene rings is 1. The number of nitrogens with one attached hydrogen (secondary N) is 1. The van der Waals surface area contributed by atoms with Gasteiger partial charge in [-0.3, -0.25) is 4.79 Å². The fraction of sp³-hybridized carbons (Fsp3) is 0.650. The van der Waals surface area contributed by atoms with Gasteiger partial charge in [-0.15, -0.1) is 0 Å². The molecule has 1 amide bonds. The van der Waals surface area contributed by atoms with Crippen molar-refractivity contribution in [2.24, 2.45) is 0 Å². The number of methoxy groups -OCH3 is 2. The smallest absolute Gasteiger partial charge is 0.251 e. The molecule has 24 heavy (non-hydrogen) atoms. The minimum Gasteiger partial charge on any atom is -0.493 e. The molecule has 0 saturated heterocycles. The molecule has 0 fully saturated rings. The topological polar surface area (TPSA) is 47.6 Å². The summed E-state index contributed by atoms with van der Waals surface area (Å²) in [6.45, 7) is 2.97. The molecule has 0 radical (unpaired) electrons. The average Bonchev–Trinajstić information content (AvgIpc) is 2.62. The highest BCUT2D eigenvalue weighted by atomic mass is 16.5. The molecule has 0 atom stereocenters. The molecule has 4 nitrogen and oxygen atoms in total. The van der Waals surface area contributed by atoms with Crippen LogP contribution in [0.15, 0.2) is 18.2 Å². The molecule has 0 aliphatic carbocycles. The first-order valence-corrected chi connectivity index (χ1v) is 9.23. The molecule has 0 spiro atoms. The Morgan fingerprint density at radius 2 is 1.46 bits per heavy atom. The summed E-state index contributed by atoms with van der Waals surface area (Å²) >= 11 is 0. The molecular formula is C20H33NO3. The van der Waals surface area contributed by atoms with E-state index < -0.39 is 0 Å². The van der Waals surface area contributed by atoms with Crippen LogP contribution in [0.25, 0.3) is 0 Å². The Labute approximate surface area is 146 Å². The molecule has 0 aliphatic heterocycles. The lowest BCUT2D eigenvalue weighted by Crippen LogP contribution is -2.24. The maximum absolute atomic E-state index is 12.1. The van der Waals surface area contributed by atoms with Crippen LogP contribution in [0.2, 0.25) is 0 Å². The van der Waals surface area contributed by atoms with E-state index in [4.69, 9.17) is 9.47 Å². The van der Waals surface area contributed by atoms with Crippen LogP contribution in [0.1, 0.15) is 75.1 Å². The number of amides is 1. The molecule has 0 unspecified atom stereocenters. The summed E-state index contributed by atoms with van der Waals surface area (Å²) in [5, 5.41) is 2.97. The Hall–Kier alpha value is -1.71. The minimum atomic E-state index is -0.0597. The van der Waals surface area contributed by atoms with E-state index in [0.29, 0.717) is 17.1 Å². The summed E-state index contributed by atoms with van der Waals surface area (Å²) in [7, 11) is 3.16. The lowest BCUT2D eigenvalue weighted by molar-refractivity contribution is 0.0952. The first kappa shape index (κ1) is 20.3. The van der Waals surface area contributed by atoms with Crippen molar-refractivity contribution in [2.45, 2.75) is 64.7 Å².